The third kappa shape index (κ3) is 20.1. The lowest BCUT2D eigenvalue weighted by atomic mass is 10.1. The summed E-state index contributed by atoms with van der Waals surface area (Å²) in [5.74, 6) is -15.5. The topological polar surface area (TPSA) is 603 Å². The van der Waals surface area contributed by atoms with Crippen LogP contribution in [0, 0.1) is 0 Å². The van der Waals surface area contributed by atoms with Crippen LogP contribution in [0.1, 0.15) is 96.8 Å². The number of carbonyl (C=O) groups is 18. The molecule has 0 aromatic carbocycles. The van der Waals surface area contributed by atoms with E-state index in [9.17, 15) is 122 Å². The van der Waals surface area contributed by atoms with E-state index in [1.807, 2.05) is 0 Å². The van der Waals surface area contributed by atoms with Gasteiger partial charge in [0.25, 0.3) is 0 Å². The Bertz CT molecular complexity index is 3520. The molecule has 108 heavy (non-hydrogen) atoms. The number of β-amino-alcohol motifs (C(OH)–C–C–N with tert-alkyl or cyclic N) is 6. The molecule has 0 unspecified atom stereocenters. The fourth-order valence-corrected chi connectivity index (χ4v) is 15.6. The number of likely N-dealkylation sites (tertiary alicyclic amines) is 8. The van der Waals surface area contributed by atoms with Gasteiger partial charge in [0.2, 0.25) is 94.5 Å². The summed E-state index contributed by atoms with van der Waals surface area (Å²) < 4.78 is 0. The number of nitrogens with zero attached hydrogens (tertiary/aromatic N) is 8. The van der Waals surface area contributed by atoms with Crippen molar-refractivity contribution in [1.82, 2.24) is 87.1 Å². The number of carboxylic acids is 2. The number of aliphatic carboxylic acids is 2. The third-order valence-corrected chi connectivity index (χ3v) is 20.9. The van der Waals surface area contributed by atoms with Gasteiger partial charge in [-0.25, -0.2) is 0 Å². The fourth-order valence-electron chi connectivity index (χ4n) is 15.6. The predicted molar refractivity (Wildman–Crippen MR) is 359 cm³/mol. The van der Waals surface area contributed by atoms with Crippen molar-refractivity contribution in [3.8, 4) is 0 Å². The van der Waals surface area contributed by atoms with Gasteiger partial charge >= 0.3 is 11.9 Å². The maximum atomic E-state index is 14.3. The summed E-state index contributed by atoms with van der Waals surface area (Å²) >= 11 is 0. The Hall–Kier alpha value is -9.82. The standard InChI is InChI=1S/C65H95N17O26/c1-31(73-48(89)20-68-56(99)44-15-34(85)27-79(44)62(105)38(8-9-53(94)95)74-49(90)21-67-55(98)39-13-32(83)19-66-39)61(104)78-26-33(84)14-43(78)57(100)69-22-50(91)75-10-2-5-40(75)63(106)80-28-35(86)16-45(80)58(101)70-23-51(92)76-11-3-6-41(76)64(107)81-29-36(87)17-46(81)59(102)71-24-52(93)77-12-4-7-42(77)65(108)82-30-37(88)18-47(82)60(103)72-25-54(96)97/h31-47,66,83-88H,2-30H2,1H3,(H,67,98)(H,68,99)(H,69,100)(H,70,101)(H,71,102)(H,72,103)(H,73,89)(H,74,90)(H,94,95)(H,96,97)/t31-,32+,33+,34+,35+,36+,37+,38-,39-,40-,41-,42-,43-,44-,45-,46-,47-/m0/s1. The van der Waals surface area contributed by atoms with Gasteiger partial charge in [0.05, 0.1) is 75.4 Å². The highest BCUT2D eigenvalue weighted by Crippen LogP contribution is 2.30. The van der Waals surface area contributed by atoms with Gasteiger partial charge in [-0.2, -0.15) is 0 Å². The zero-order valence-electron chi connectivity index (χ0n) is 59.3. The van der Waals surface area contributed by atoms with Crippen molar-refractivity contribution in [2.24, 2.45) is 0 Å². The summed E-state index contributed by atoms with van der Waals surface area (Å²) in [6, 6.07) is -13.8. The number of aliphatic hydroxyl groups is 6. The lowest BCUT2D eigenvalue weighted by Gasteiger charge is -2.32. The maximum absolute atomic E-state index is 14.3. The average molecular weight is 1530 g/mol. The zero-order chi connectivity index (χ0) is 78.7. The number of aliphatic hydroxyl groups excluding tert-OH is 6. The van der Waals surface area contributed by atoms with Crippen LogP contribution in [0.15, 0.2) is 0 Å². The molecule has 0 spiro atoms. The van der Waals surface area contributed by atoms with Crippen molar-refractivity contribution in [2.45, 2.75) is 200 Å². The SMILES string of the molecule is C[C@H](NC(=O)CNC(=O)[C@@H]1C[C@@H](O)CN1C(=O)[C@H](CCC(=O)O)NC(=O)CNC(=O)[C@@H]1C[C@@H](O)CN1)C(=O)N1C[C@H](O)C[C@H]1C(=O)NCC(=O)N1CCC[C@H]1C(=O)N1C[C@H](O)C[C@H]1C(=O)NCC(=O)N1CCC[C@H]1C(=O)N1C[C@H](O)C[C@H]1C(=O)NCC(=O)N1CCC[C@H]1C(=O)N1C[C@H](O)C[C@H]1C(=O)NCC(=O)O. The first-order chi connectivity index (χ1) is 51.2. The second-order valence-electron chi connectivity index (χ2n) is 28.6. The van der Waals surface area contributed by atoms with Gasteiger partial charge in [-0.05, 0) is 58.3 Å². The van der Waals surface area contributed by atoms with E-state index in [-0.39, 0.29) is 110 Å². The van der Waals surface area contributed by atoms with E-state index in [4.69, 9.17) is 5.11 Å². The molecule has 9 aliphatic heterocycles. The normalized spacial score (nSPS) is 28.6. The minimum absolute atomic E-state index is 0.0272. The Morgan fingerprint density at radius 2 is 0.685 bits per heavy atom. The predicted octanol–water partition coefficient (Wildman–Crippen LogP) is -12.9. The molecule has 0 aromatic rings. The number of carboxylic acid groups (broad SMARTS) is 2. The van der Waals surface area contributed by atoms with Gasteiger partial charge in [-0.1, -0.05) is 0 Å². The van der Waals surface area contributed by atoms with Crippen LogP contribution in [0.2, 0.25) is 0 Å². The van der Waals surface area contributed by atoms with Gasteiger partial charge in [0, 0.05) is 97.4 Å². The molecule has 43 heteroatoms. The van der Waals surface area contributed by atoms with Crippen LogP contribution in [0.25, 0.3) is 0 Å². The Morgan fingerprint density at radius 1 is 0.361 bits per heavy atom. The molecule has 17 N–H and O–H groups in total. The number of nitrogens with one attached hydrogen (secondary N) is 9. The van der Waals surface area contributed by atoms with Crippen LogP contribution in [0.5, 0.6) is 0 Å². The summed E-state index contributed by atoms with van der Waals surface area (Å²) in [5, 5.41) is 103. The molecule has 17 atom stereocenters. The summed E-state index contributed by atoms with van der Waals surface area (Å²) in [6.07, 6.45) is -7.60. The molecule has 596 valence electrons. The number of amides is 16. The third-order valence-electron chi connectivity index (χ3n) is 20.9. The molecule has 43 nitrogen and oxygen atoms in total. The number of hydrogen-bond acceptors (Lipinski definition) is 25. The number of carbonyl (C=O) groups excluding carboxylic acids is 16. The molecule has 0 radical (unpaired) electrons. The van der Waals surface area contributed by atoms with Crippen molar-refractivity contribution < 1.29 is 127 Å². The molecular formula is C65H95N17O26. The van der Waals surface area contributed by atoms with Crippen molar-refractivity contribution in [2.75, 3.05) is 98.2 Å². The van der Waals surface area contributed by atoms with Gasteiger partial charge in [0.1, 0.15) is 67.0 Å². The Morgan fingerprint density at radius 3 is 1.04 bits per heavy atom. The highest BCUT2D eigenvalue weighted by atomic mass is 16.4. The van der Waals surface area contributed by atoms with Crippen LogP contribution in [-0.2, 0) is 86.3 Å². The van der Waals surface area contributed by atoms with Crippen molar-refractivity contribution in [1.29, 1.82) is 0 Å². The fraction of sp³-hybridized carbons (Fsp3) is 0.723. The molecule has 9 aliphatic rings. The van der Waals surface area contributed by atoms with Crippen molar-refractivity contribution in [3.05, 3.63) is 0 Å². The van der Waals surface area contributed by atoms with E-state index in [0.29, 0.717) is 19.3 Å². The quantitative estimate of drug-likeness (QED) is 0.0346. The van der Waals surface area contributed by atoms with E-state index in [0.717, 1.165) is 24.5 Å². The summed E-state index contributed by atoms with van der Waals surface area (Å²) in [5.41, 5.74) is 0. The molecule has 0 saturated carbocycles. The van der Waals surface area contributed by atoms with Crippen molar-refractivity contribution >= 4 is 106 Å². The second kappa shape index (κ2) is 36.4. The largest absolute Gasteiger partial charge is 0.481 e. The maximum Gasteiger partial charge on any atom is 0.322 e. The molecule has 16 amide bonds. The first-order valence-corrected chi connectivity index (χ1v) is 36.1. The highest BCUT2D eigenvalue weighted by Gasteiger charge is 2.50. The van der Waals surface area contributed by atoms with E-state index in [2.05, 4.69) is 47.9 Å². The first kappa shape index (κ1) is 82.2. The summed E-state index contributed by atoms with van der Waals surface area (Å²) in [4.78, 5) is 249. The molecule has 0 aliphatic carbocycles. The molecule has 9 rings (SSSR count). The Balaban J connectivity index is 0.712. The van der Waals surface area contributed by atoms with E-state index in [1.165, 1.54) is 21.6 Å². The monoisotopic (exact) mass is 1530 g/mol. The van der Waals surface area contributed by atoms with E-state index < -0.39 is 268 Å². The van der Waals surface area contributed by atoms with Crippen molar-refractivity contribution in [3.63, 3.8) is 0 Å². The molecule has 0 bridgehead atoms. The lowest BCUT2D eigenvalue weighted by Crippen LogP contribution is -2.57. The summed E-state index contributed by atoms with van der Waals surface area (Å²) in [6.45, 7) is -4.30. The Labute approximate surface area is 616 Å². The van der Waals surface area contributed by atoms with Gasteiger partial charge in [0.15, 0.2) is 0 Å². The number of rotatable bonds is 28. The molecular weight excluding hydrogens is 1430 g/mol. The second-order valence-corrected chi connectivity index (χ2v) is 28.6. The van der Waals surface area contributed by atoms with Crippen LogP contribution < -0.4 is 47.9 Å². The number of hydrogen-bond donors (Lipinski definition) is 17. The van der Waals surface area contributed by atoms with Gasteiger partial charge in [-0.3, -0.25) is 86.3 Å². The van der Waals surface area contributed by atoms with E-state index >= 15 is 0 Å². The highest BCUT2D eigenvalue weighted by molar-refractivity contribution is 6.00. The van der Waals surface area contributed by atoms with Crippen LogP contribution >= 0.6 is 0 Å². The zero-order valence-corrected chi connectivity index (χ0v) is 59.3. The minimum Gasteiger partial charge on any atom is -0.481 e. The smallest absolute Gasteiger partial charge is 0.322 e. The van der Waals surface area contributed by atoms with Gasteiger partial charge in [-0.15, -0.1) is 0 Å². The Kier molecular flexibility index (Phi) is 27.7. The molecule has 9 saturated heterocycles. The molecule has 9 heterocycles. The van der Waals surface area contributed by atoms with Crippen LogP contribution in [0.4, 0.5) is 0 Å². The van der Waals surface area contributed by atoms with Gasteiger partial charge < -0.3 is 128 Å². The minimum atomic E-state index is -1.54. The summed E-state index contributed by atoms with van der Waals surface area (Å²) in [7, 11) is 0. The first-order valence-electron chi connectivity index (χ1n) is 36.1. The molecule has 9 fully saturated rings. The van der Waals surface area contributed by atoms with Crippen LogP contribution in [0.3, 0.4) is 0 Å². The molecule has 0 aromatic heterocycles. The van der Waals surface area contributed by atoms with E-state index in [1.54, 1.807) is 0 Å². The van der Waals surface area contributed by atoms with Crippen LogP contribution in [-0.4, -0.2) is 388 Å². The average Bonchev–Trinajstić information content (AvgIpc) is 1.64. The lowest BCUT2D eigenvalue weighted by molar-refractivity contribution is -0.148.